The van der Waals surface area contributed by atoms with Crippen LogP contribution in [-0.2, 0) is 42.7 Å². The molecule has 0 bridgehead atoms. The van der Waals surface area contributed by atoms with Crippen LogP contribution in [0.15, 0.2) is 0 Å². The van der Waals surface area contributed by atoms with Crippen LogP contribution in [0.5, 0.6) is 0 Å². The van der Waals surface area contributed by atoms with Crippen LogP contribution in [0, 0.1) is 0 Å². The maximum Gasteiger partial charge on any atom is 0.252 e. The maximum atomic E-state index is 13.2. The van der Waals surface area contributed by atoms with E-state index in [0.29, 0.717) is 25.7 Å². The first-order valence-corrected chi connectivity index (χ1v) is 19.7. The van der Waals surface area contributed by atoms with E-state index >= 15 is 0 Å². The van der Waals surface area contributed by atoms with Gasteiger partial charge in [0, 0.05) is 27.7 Å². The number of methoxy groups -OCH3 is 2. The molecule has 0 saturated carbocycles. The molecule has 3 aliphatic heterocycles. The van der Waals surface area contributed by atoms with E-state index in [-0.39, 0.29) is 19.6 Å². The molecule has 19 atom stereocenters. The van der Waals surface area contributed by atoms with Gasteiger partial charge in [0.25, 0.3) is 5.91 Å². The first-order chi connectivity index (χ1) is 27.5. The Balaban J connectivity index is 1.37. The van der Waals surface area contributed by atoms with E-state index in [1.807, 2.05) is 0 Å². The summed E-state index contributed by atoms with van der Waals surface area (Å²) in [6.07, 6.45) is -22.0. The lowest BCUT2D eigenvalue weighted by molar-refractivity contribution is -0.325. The first-order valence-electron chi connectivity index (χ1n) is 19.7. The summed E-state index contributed by atoms with van der Waals surface area (Å²) in [6.45, 7) is 1.75. The summed E-state index contributed by atoms with van der Waals surface area (Å²) in [5, 5.41) is 119. The lowest BCUT2D eigenvalue weighted by Crippen LogP contribution is -2.68. The Hall–Kier alpha value is -1.78. The largest absolute Gasteiger partial charge is 0.394 e. The van der Waals surface area contributed by atoms with Crippen molar-refractivity contribution in [2.24, 2.45) is 0 Å². The minimum absolute atomic E-state index is 0.116. The summed E-state index contributed by atoms with van der Waals surface area (Å²) < 4.78 is 38.1. The number of aliphatic hydroxyl groups is 11. The Labute approximate surface area is 336 Å². The molecule has 0 aromatic rings. The summed E-state index contributed by atoms with van der Waals surface area (Å²) in [6, 6.07) is -0.934. The third-order valence-electron chi connectivity index (χ3n) is 10.7. The van der Waals surface area contributed by atoms with Crippen molar-refractivity contribution in [3.8, 4) is 0 Å². The molecule has 3 heterocycles. The molecule has 0 aromatic carbocycles. The molecule has 0 spiro atoms. The number of carbonyl (C=O) groups excluding carboxylic acids is 2. The highest BCUT2D eigenvalue weighted by Gasteiger charge is 2.52. The van der Waals surface area contributed by atoms with Crippen molar-refractivity contribution in [3.63, 3.8) is 0 Å². The second-order valence-corrected chi connectivity index (χ2v) is 15.1. The molecular formula is C36H66N2O20. The Morgan fingerprint density at radius 3 is 1.95 bits per heavy atom. The molecule has 3 saturated heterocycles. The number of hydrogen-bond donors (Lipinski definition) is 13. The number of carbonyl (C=O) groups is 2. The smallest absolute Gasteiger partial charge is 0.252 e. The standard InChI is InChI=1S/C36H66N2O20/c1-16-22(38-17(2)40)31(26(46)20(13-39)55-16)57-36-30(50)28(48)32(53-4)33(58-36)34(51)37-12-10-8-6-5-7-9-11-18(41)23(43)24(44)19(42)14-54-35-29(49)27(47)25(45)21(56-35)15-52-3/h16,18-33,35-36,39,41-50H,5-15H2,1-4H3,(H,37,51)(H,38,40)/t16-,18?,19?,20?,21?,22?,23+,24+,25+,26+,27-,28+,29?,30?,31+,32-,33?,35-,36+/m0/s1. The minimum atomic E-state index is -1.81. The monoisotopic (exact) mass is 846 g/mol. The quantitative estimate of drug-likeness (QED) is 0.0426. The van der Waals surface area contributed by atoms with Gasteiger partial charge in [0.05, 0.1) is 38.1 Å². The van der Waals surface area contributed by atoms with Crippen LogP contribution in [0.25, 0.3) is 0 Å². The summed E-state index contributed by atoms with van der Waals surface area (Å²) >= 11 is 0. The van der Waals surface area contributed by atoms with E-state index in [9.17, 15) is 65.8 Å². The van der Waals surface area contributed by atoms with Gasteiger partial charge in [0.1, 0.15) is 79.4 Å². The number of ether oxygens (including phenoxy) is 7. The van der Waals surface area contributed by atoms with Crippen molar-refractivity contribution in [3.05, 3.63) is 0 Å². The molecule has 0 aromatic heterocycles. The molecule has 22 nitrogen and oxygen atoms in total. The maximum absolute atomic E-state index is 13.2. The Morgan fingerprint density at radius 1 is 0.707 bits per heavy atom. The number of unbranched alkanes of at least 4 members (excludes halogenated alkanes) is 5. The van der Waals surface area contributed by atoms with Crippen molar-refractivity contribution in [2.45, 2.75) is 175 Å². The normalized spacial score (nSPS) is 37.7. The molecule has 13 N–H and O–H groups in total. The van der Waals surface area contributed by atoms with Crippen LogP contribution in [0.4, 0.5) is 0 Å². The van der Waals surface area contributed by atoms with Crippen LogP contribution in [0.2, 0.25) is 0 Å². The highest BCUT2D eigenvalue weighted by Crippen LogP contribution is 2.30. The van der Waals surface area contributed by atoms with E-state index in [4.69, 9.17) is 33.2 Å². The third-order valence-corrected chi connectivity index (χ3v) is 10.7. The molecule has 0 radical (unpaired) electrons. The van der Waals surface area contributed by atoms with Gasteiger partial charge >= 0.3 is 0 Å². The molecule has 340 valence electrons. The van der Waals surface area contributed by atoms with Gasteiger partial charge in [0.15, 0.2) is 18.7 Å². The van der Waals surface area contributed by atoms with Gasteiger partial charge in [-0.1, -0.05) is 32.1 Å². The fourth-order valence-electron chi connectivity index (χ4n) is 7.23. The van der Waals surface area contributed by atoms with Gasteiger partial charge in [-0.05, 0) is 19.8 Å². The van der Waals surface area contributed by atoms with E-state index in [2.05, 4.69) is 10.6 Å². The predicted octanol–water partition coefficient (Wildman–Crippen LogP) is -5.76. The Morgan fingerprint density at radius 2 is 1.33 bits per heavy atom. The van der Waals surface area contributed by atoms with Gasteiger partial charge in [0.2, 0.25) is 5.91 Å². The van der Waals surface area contributed by atoms with Gasteiger partial charge in [-0.3, -0.25) is 9.59 Å². The molecule has 3 aliphatic rings. The summed E-state index contributed by atoms with van der Waals surface area (Å²) in [4.78, 5) is 25.1. The Kier molecular flexibility index (Phi) is 21.5. The number of nitrogens with one attached hydrogen (secondary N) is 2. The molecule has 3 rings (SSSR count). The third kappa shape index (κ3) is 13.6. The van der Waals surface area contributed by atoms with E-state index in [1.165, 1.54) is 21.1 Å². The highest BCUT2D eigenvalue weighted by atomic mass is 16.7. The molecule has 2 amide bonds. The molecular weight excluding hydrogens is 780 g/mol. The minimum Gasteiger partial charge on any atom is -0.394 e. The van der Waals surface area contributed by atoms with Crippen LogP contribution in [0.1, 0.15) is 58.8 Å². The second-order valence-electron chi connectivity index (χ2n) is 15.1. The molecule has 0 aliphatic carbocycles. The van der Waals surface area contributed by atoms with Crippen molar-refractivity contribution >= 4 is 11.8 Å². The fraction of sp³-hybridized carbons (Fsp3) is 0.944. The number of rotatable bonds is 23. The summed E-state index contributed by atoms with van der Waals surface area (Å²) in [7, 11) is 2.58. The van der Waals surface area contributed by atoms with Crippen molar-refractivity contribution < 1.29 is 98.9 Å². The zero-order chi connectivity index (χ0) is 43.3. The molecule has 22 heteroatoms. The average Bonchev–Trinajstić information content (AvgIpc) is 3.19. The average molecular weight is 847 g/mol. The van der Waals surface area contributed by atoms with Crippen molar-refractivity contribution in [1.29, 1.82) is 0 Å². The predicted molar refractivity (Wildman–Crippen MR) is 195 cm³/mol. The SMILES string of the molecule is COCC1O[C@H](OCC(O)[C@@H](O)[C@H](O)C(O)CCCCCCCCNC(=O)C2O[C@@H](O[C@@H]3C(NC(C)=O)[C@H](C)OC(CO)[C@H]3O)C(O)[C@@H](O)[C@@H]2OC)C(O)[C@@H](O)[C@@H]1O. The topological polar surface area (TPSA) is 345 Å². The van der Waals surface area contributed by atoms with Gasteiger partial charge in [-0.25, -0.2) is 0 Å². The molecule has 3 fully saturated rings. The van der Waals surface area contributed by atoms with Crippen LogP contribution < -0.4 is 10.6 Å². The van der Waals surface area contributed by atoms with Gasteiger partial charge in [-0.15, -0.1) is 0 Å². The van der Waals surface area contributed by atoms with Gasteiger partial charge in [-0.2, -0.15) is 0 Å². The second kappa shape index (κ2) is 24.6. The summed E-state index contributed by atoms with van der Waals surface area (Å²) in [5.41, 5.74) is 0. The van der Waals surface area contributed by atoms with E-state index < -0.39 is 141 Å². The van der Waals surface area contributed by atoms with E-state index in [0.717, 1.165) is 12.8 Å². The number of hydrogen-bond acceptors (Lipinski definition) is 20. The van der Waals surface area contributed by atoms with Crippen LogP contribution in [-0.4, -0.2) is 225 Å². The molecule has 58 heavy (non-hydrogen) atoms. The van der Waals surface area contributed by atoms with Crippen molar-refractivity contribution in [2.75, 3.05) is 40.6 Å². The Bertz CT molecular complexity index is 1210. The lowest BCUT2D eigenvalue weighted by Gasteiger charge is -2.47. The number of amides is 2. The van der Waals surface area contributed by atoms with Crippen LogP contribution >= 0.6 is 0 Å². The summed E-state index contributed by atoms with van der Waals surface area (Å²) in [5.74, 6) is -1.12. The number of aliphatic hydroxyl groups excluding tert-OH is 11. The molecule has 8 unspecified atom stereocenters. The zero-order valence-corrected chi connectivity index (χ0v) is 33.3. The highest BCUT2D eigenvalue weighted by molar-refractivity contribution is 5.81. The van der Waals surface area contributed by atoms with Gasteiger partial charge < -0.3 is 100.0 Å². The fourth-order valence-corrected chi connectivity index (χ4v) is 7.23. The van der Waals surface area contributed by atoms with Crippen molar-refractivity contribution in [1.82, 2.24) is 10.6 Å². The van der Waals surface area contributed by atoms with E-state index in [1.54, 1.807) is 6.92 Å². The first kappa shape index (κ1) is 50.6. The lowest BCUT2D eigenvalue weighted by atomic mass is 9.92. The zero-order valence-electron chi connectivity index (χ0n) is 33.3. The van der Waals surface area contributed by atoms with Crippen LogP contribution in [0.3, 0.4) is 0 Å².